The van der Waals surface area contributed by atoms with Gasteiger partial charge in [-0.15, -0.1) is 0 Å². The minimum absolute atomic E-state index is 0.633. The van der Waals surface area contributed by atoms with E-state index >= 15 is 0 Å². The second-order valence-corrected chi connectivity index (χ2v) is 3.63. The average Bonchev–Trinajstić information content (AvgIpc) is 2.75. The Morgan fingerprint density at radius 1 is 1.50 bits per heavy atom. The van der Waals surface area contributed by atoms with Crippen LogP contribution in [0.4, 0.5) is 0 Å². The Bertz CT molecular complexity index is 230. The lowest BCUT2D eigenvalue weighted by atomic mass is 10.0. The third-order valence-electron chi connectivity index (χ3n) is 2.82. The van der Waals surface area contributed by atoms with Crippen LogP contribution in [-0.4, -0.2) is 6.54 Å². The standard InChI is InChI=1S/C10H15NO/c11-7-8-3-4-9(6-8)10-2-1-5-12-10/h1-2,5,8-9H,3-4,6-7,11H2. The van der Waals surface area contributed by atoms with E-state index < -0.39 is 0 Å². The molecule has 2 unspecified atom stereocenters. The lowest BCUT2D eigenvalue weighted by molar-refractivity contribution is 0.454. The molecule has 0 amide bonds. The molecule has 0 saturated heterocycles. The zero-order valence-corrected chi connectivity index (χ0v) is 7.20. The molecule has 1 fully saturated rings. The summed E-state index contributed by atoms with van der Waals surface area (Å²) in [5.41, 5.74) is 5.62. The van der Waals surface area contributed by atoms with Gasteiger partial charge in [-0.1, -0.05) is 0 Å². The number of hydrogen-bond donors (Lipinski definition) is 1. The molecule has 2 rings (SSSR count). The van der Waals surface area contributed by atoms with Crippen molar-refractivity contribution in [2.24, 2.45) is 11.7 Å². The Labute approximate surface area is 72.7 Å². The highest BCUT2D eigenvalue weighted by Gasteiger charge is 2.26. The summed E-state index contributed by atoms with van der Waals surface area (Å²) in [6.45, 7) is 0.831. The number of nitrogens with two attached hydrogens (primary N) is 1. The van der Waals surface area contributed by atoms with Crippen LogP contribution in [0.3, 0.4) is 0 Å². The molecule has 2 heteroatoms. The molecular formula is C10H15NO. The van der Waals surface area contributed by atoms with Crippen molar-refractivity contribution >= 4 is 0 Å². The maximum atomic E-state index is 5.62. The Hall–Kier alpha value is -0.760. The van der Waals surface area contributed by atoms with Gasteiger partial charge in [0.2, 0.25) is 0 Å². The van der Waals surface area contributed by atoms with Gasteiger partial charge in [0.1, 0.15) is 5.76 Å². The van der Waals surface area contributed by atoms with Crippen LogP contribution in [0, 0.1) is 5.92 Å². The van der Waals surface area contributed by atoms with Gasteiger partial charge in [0.05, 0.1) is 6.26 Å². The summed E-state index contributed by atoms with van der Waals surface area (Å²) in [6.07, 6.45) is 5.48. The van der Waals surface area contributed by atoms with Gasteiger partial charge >= 0.3 is 0 Å². The Balaban J connectivity index is 2.00. The first-order chi connectivity index (χ1) is 5.90. The van der Waals surface area contributed by atoms with Crippen LogP contribution >= 0.6 is 0 Å². The molecule has 2 atom stereocenters. The molecule has 1 aliphatic carbocycles. The zero-order valence-electron chi connectivity index (χ0n) is 7.20. The van der Waals surface area contributed by atoms with E-state index in [9.17, 15) is 0 Å². The third-order valence-corrected chi connectivity index (χ3v) is 2.82. The Morgan fingerprint density at radius 2 is 2.42 bits per heavy atom. The van der Waals surface area contributed by atoms with Crippen molar-refractivity contribution in [2.45, 2.75) is 25.2 Å². The predicted octanol–water partition coefficient (Wildman–Crippen LogP) is 2.12. The highest BCUT2D eigenvalue weighted by atomic mass is 16.3. The number of furan rings is 1. The first-order valence-electron chi connectivity index (χ1n) is 4.63. The summed E-state index contributed by atoms with van der Waals surface area (Å²) in [5.74, 6) is 2.50. The lowest BCUT2D eigenvalue weighted by Gasteiger charge is -2.05. The summed E-state index contributed by atoms with van der Waals surface area (Å²) < 4.78 is 5.37. The molecule has 0 radical (unpaired) electrons. The van der Waals surface area contributed by atoms with Crippen molar-refractivity contribution in [3.8, 4) is 0 Å². The van der Waals surface area contributed by atoms with E-state index in [2.05, 4.69) is 6.07 Å². The van der Waals surface area contributed by atoms with E-state index in [4.69, 9.17) is 10.2 Å². The van der Waals surface area contributed by atoms with Gasteiger partial charge in [0, 0.05) is 5.92 Å². The molecule has 66 valence electrons. The summed E-state index contributed by atoms with van der Waals surface area (Å²) in [6, 6.07) is 4.04. The van der Waals surface area contributed by atoms with Gasteiger partial charge in [-0.3, -0.25) is 0 Å². The second kappa shape index (κ2) is 3.31. The van der Waals surface area contributed by atoms with E-state index in [1.165, 1.54) is 19.3 Å². The smallest absolute Gasteiger partial charge is 0.106 e. The molecule has 2 nitrogen and oxygen atoms in total. The number of rotatable bonds is 2. The largest absolute Gasteiger partial charge is 0.469 e. The molecule has 1 aliphatic rings. The fourth-order valence-corrected chi connectivity index (χ4v) is 2.07. The second-order valence-electron chi connectivity index (χ2n) is 3.63. The fourth-order valence-electron chi connectivity index (χ4n) is 2.07. The maximum absolute atomic E-state index is 5.62. The summed E-state index contributed by atoms with van der Waals surface area (Å²) in [7, 11) is 0. The van der Waals surface area contributed by atoms with Gasteiger partial charge in [0.15, 0.2) is 0 Å². The van der Waals surface area contributed by atoms with E-state index in [1.807, 2.05) is 6.07 Å². The van der Waals surface area contributed by atoms with Crippen LogP contribution in [0.1, 0.15) is 30.9 Å². The topological polar surface area (TPSA) is 39.2 Å². The van der Waals surface area contributed by atoms with Gasteiger partial charge < -0.3 is 10.2 Å². The normalized spacial score (nSPS) is 29.4. The molecule has 0 aliphatic heterocycles. The van der Waals surface area contributed by atoms with E-state index in [-0.39, 0.29) is 0 Å². The van der Waals surface area contributed by atoms with E-state index in [0.29, 0.717) is 5.92 Å². The zero-order chi connectivity index (χ0) is 8.39. The molecule has 0 aromatic carbocycles. The lowest BCUT2D eigenvalue weighted by Crippen LogP contribution is -2.10. The monoisotopic (exact) mass is 165 g/mol. The minimum Gasteiger partial charge on any atom is -0.469 e. The highest BCUT2D eigenvalue weighted by molar-refractivity contribution is 5.07. The van der Waals surface area contributed by atoms with Gasteiger partial charge in [-0.25, -0.2) is 0 Å². The van der Waals surface area contributed by atoms with Gasteiger partial charge in [0.25, 0.3) is 0 Å². The molecule has 2 N–H and O–H groups in total. The van der Waals surface area contributed by atoms with Gasteiger partial charge in [-0.05, 0) is 43.9 Å². The van der Waals surface area contributed by atoms with Crippen molar-refractivity contribution < 1.29 is 4.42 Å². The first-order valence-corrected chi connectivity index (χ1v) is 4.63. The highest BCUT2D eigenvalue weighted by Crippen LogP contribution is 2.37. The molecule has 1 heterocycles. The van der Waals surface area contributed by atoms with Crippen molar-refractivity contribution in [3.05, 3.63) is 24.2 Å². The number of hydrogen-bond acceptors (Lipinski definition) is 2. The summed E-state index contributed by atoms with van der Waals surface area (Å²) in [5, 5.41) is 0. The third kappa shape index (κ3) is 1.39. The SMILES string of the molecule is NCC1CCC(c2ccco2)C1. The van der Waals surface area contributed by atoms with Crippen LogP contribution in [0.15, 0.2) is 22.8 Å². The molecular weight excluding hydrogens is 150 g/mol. The molecule has 1 aromatic heterocycles. The van der Waals surface area contributed by atoms with Crippen LogP contribution < -0.4 is 5.73 Å². The van der Waals surface area contributed by atoms with Crippen LogP contribution in [-0.2, 0) is 0 Å². The van der Waals surface area contributed by atoms with Crippen LogP contribution in [0.25, 0.3) is 0 Å². The maximum Gasteiger partial charge on any atom is 0.106 e. The summed E-state index contributed by atoms with van der Waals surface area (Å²) >= 11 is 0. The summed E-state index contributed by atoms with van der Waals surface area (Å²) in [4.78, 5) is 0. The molecule has 1 aromatic rings. The predicted molar refractivity (Wildman–Crippen MR) is 47.8 cm³/mol. The average molecular weight is 165 g/mol. The van der Waals surface area contributed by atoms with E-state index in [0.717, 1.165) is 18.2 Å². The molecule has 0 bridgehead atoms. The fraction of sp³-hybridized carbons (Fsp3) is 0.600. The first kappa shape index (κ1) is 7.87. The molecule has 0 spiro atoms. The van der Waals surface area contributed by atoms with E-state index in [1.54, 1.807) is 6.26 Å². The van der Waals surface area contributed by atoms with Crippen molar-refractivity contribution in [2.75, 3.05) is 6.54 Å². The van der Waals surface area contributed by atoms with Crippen LogP contribution in [0.5, 0.6) is 0 Å². The van der Waals surface area contributed by atoms with Crippen molar-refractivity contribution in [3.63, 3.8) is 0 Å². The Morgan fingerprint density at radius 3 is 3.00 bits per heavy atom. The quantitative estimate of drug-likeness (QED) is 0.729. The van der Waals surface area contributed by atoms with Crippen molar-refractivity contribution in [1.29, 1.82) is 0 Å². The Kier molecular flexibility index (Phi) is 2.17. The molecule has 12 heavy (non-hydrogen) atoms. The van der Waals surface area contributed by atoms with Gasteiger partial charge in [-0.2, -0.15) is 0 Å². The van der Waals surface area contributed by atoms with Crippen molar-refractivity contribution in [1.82, 2.24) is 0 Å². The van der Waals surface area contributed by atoms with Crippen LogP contribution in [0.2, 0.25) is 0 Å². The minimum atomic E-state index is 0.633. The molecule has 1 saturated carbocycles.